The third-order valence-electron chi connectivity index (χ3n) is 2.45. The first-order chi connectivity index (χ1) is 7.67. The second kappa shape index (κ2) is 6.05. The molecule has 1 heterocycles. The number of piperidine rings is 1. The molecule has 0 aliphatic carbocycles. The zero-order valence-electron chi connectivity index (χ0n) is 9.81. The third-order valence-corrected chi connectivity index (χ3v) is 2.45. The molecule has 0 aromatic heterocycles. The Morgan fingerprint density at radius 3 is 2.62 bits per heavy atom. The number of nitrogens with one attached hydrogen (secondary N) is 1. The molecule has 0 atom stereocenters. The van der Waals surface area contributed by atoms with Gasteiger partial charge < -0.3 is 10.3 Å². The van der Waals surface area contributed by atoms with Gasteiger partial charge in [-0.05, 0) is 6.92 Å². The van der Waals surface area contributed by atoms with E-state index in [0.717, 1.165) is 5.70 Å². The average Bonchev–Trinajstić information content (AvgIpc) is 2.27. The van der Waals surface area contributed by atoms with Crippen molar-refractivity contribution in [2.24, 2.45) is 5.10 Å². The Morgan fingerprint density at radius 2 is 2.12 bits per heavy atom. The van der Waals surface area contributed by atoms with Crippen LogP contribution in [0.15, 0.2) is 17.0 Å². The van der Waals surface area contributed by atoms with Crippen LogP contribution in [0.5, 0.6) is 0 Å². The van der Waals surface area contributed by atoms with Gasteiger partial charge in [0, 0.05) is 51.6 Å². The normalized spacial score (nSPS) is 18.0. The molecule has 1 aliphatic rings. The molecule has 16 heavy (non-hydrogen) atoms. The van der Waals surface area contributed by atoms with Gasteiger partial charge in [0.2, 0.25) is 0 Å². The molecule has 1 aliphatic heterocycles. The Kier molecular flexibility index (Phi) is 4.69. The van der Waals surface area contributed by atoms with Crippen LogP contribution in [0.2, 0.25) is 0 Å². The minimum absolute atomic E-state index is 0.306. The summed E-state index contributed by atoms with van der Waals surface area (Å²) < 4.78 is 0. The lowest BCUT2D eigenvalue weighted by Gasteiger charge is -2.29. The quantitative estimate of drug-likeness (QED) is 0.572. The molecule has 0 bridgehead atoms. The number of hydrazone groups is 1. The third kappa shape index (κ3) is 3.49. The van der Waals surface area contributed by atoms with E-state index in [1.165, 1.54) is 6.21 Å². The van der Waals surface area contributed by atoms with Crippen molar-refractivity contribution in [3.63, 3.8) is 0 Å². The maximum atomic E-state index is 11.1. The molecule has 0 spiro atoms. The largest absolute Gasteiger partial charge is 0.368 e. The molecule has 0 unspecified atom stereocenters. The Balaban J connectivity index is 2.66. The molecule has 1 rings (SSSR count). The highest BCUT2D eigenvalue weighted by Gasteiger charge is 2.17. The number of hydrogen-bond donors (Lipinski definition) is 1. The van der Waals surface area contributed by atoms with Crippen molar-refractivity contribution in [3.05, 3.63) is 11.9 Å². The highest BCUT2D eigenvalue weighted by molar-refractivity contribution is 5.81. The van der Waals surface area contributed by atoms with Crippen molar-refractivity contribution in [3.8, 4) is 0 Å². The molecule has 0 saturated carbocycles. The minimum atomic E-state index is 0.306. The van der Waals surface area contributed by atoms with Crippen molar-refractivity contribution >= 4 is 18.2 Å². The van der Waals surface area contributed by atoms with E-state index < -0.39 is 0 Å². The van der Waals surface area contributed by atoms with Crippen LogP contribution in [0, 0.1) is 5.41 Å². The van der Waals surface area contributed by atoms with Crippen LogP contribution in [-0.2, 0) is 4.79 Å². The summed E-state index contributed by atoms with van der Waals surface area (Å²) in [5.41, 5.74) is 0.792. The first-order valence-corrected chi connectivity index (χ1v) is 5.37. The first kappa shape index (κ1) is 12.4. The van der Waals surface area contributed by atoms with Gasteiger partial charge in [0.25, 0.3) is 0 Å². The van der Waals surface area contributed by atoms with E-state index in [1.54, 1.807) is 17.4 Å². The summed E-state index contributed by atoms with van der Waals surface area (Å²) in [5.74, 6) is 0.306. The van der Waals surface area contributed by atoms with Crippen LogP contribution in [0.1, 0.15) is 19.8 Å². The average molecular weight is 222 g/mol. The number of Topliss-reactive ketones (excluding diaryl/α,β-unsaturated/α-hetero) is 1. The molecule has 0 aromatic rings. The van der Waals surface area contributed by atoms with E-state index in [4.69, 9.17) is 5.41 Å². The maximum Gasteiger partial charge on any atom is 0.136 e. The van der Waals surface area contributed by atoms with Crippen LogP contribution in [-0.4, -0.2) is 48.3 Å². The summed E-state index contributed by atoms with van der Waals surface area (Å²) in [6.07, 6.45) is 5.94. The van der Waals surface area contributed by atoms with Crippen LogP contribution >= 0.6 is 0 Å². The highest BCUT2D eigenvalue weighted by atomic mass is 16.1. The van der Waals surface area contributed by atoms with Crippen molar-refractivity contribution in [2.75, 3.05) is 20.1 Å². The second-order valence-electron chi connectivity index (χ2n) is 3.67. The van der Waals surface area contributed by atoms with Gasteiger partial charge in [0.05, 0.1) is 5.70 Å². The van der Waals surface area contributed by atoms with Crippen LogP contribution < -0.4 is 0 Å². The number of rotatable bonds is 4. The SMILES string of the molecule is C/C=N\N(C)/C=C(\C=N)N1CCC(=O)CC1. The van der Waals surface area contributed by atoms with Crippen molar-refractivity contribution in [1.29, 1.82) is 5.41 Å². The van der Waals surface area contributed by atoms with Crippen molar-refractivity contribution in [2.45, 2.75) is 19.8 Å². The minimum Gasteiger partial charge on any atom is -0.368 e. The van der Waals surface area contributed by atoms with Crippen LogP contribution in [0.4, 0.5) is 0 Å². The predicted octanol–water partition coefficient (Wildman–Crippen LogP) is 1.08. The topological polar surface area (TPSA) is 59.8 Å². The summed E-state index contributed by atoms with van der Waals surface area (Å²) in [5, 5.41) is 13.1. The van der Waals surface area contributed by atoms with Gasteiger partial charge >= 0.3 is 0 Å². The van der Waals surface area contributed by atoms with Gasteiger partial charge in [-0.15, -0.1) is 0 Å². The van der Waals surface area contributed by atoms with Crippen LogP contribution in [0.25, 0.3) is 0 Å². The number of ketones is 1. The molecule has 5 nitrogen and oxygen atoms in total. The van der Waals surface area contributed by atoms with E-state index >= 15 is 0 Å². The smallest absolute Gasteiger partial charge is 0.136 e. The molecule has 5 heteroatoms. The van der Waals surface area contributed by atoms with E-state index in [1.807, 2.05) is 18.9 Å². The Morgan fingerprint density at radius 1 is 1.50 bits per heavy atom. The van der Waals surface area contributed by atoms with Gasteiger partial charge in [-0.3, -0.25) is 9.80 Å². The molecule has 88 valence electrons. The van der Waals surface area contributed by atoms with Crippen molar-refractivity contribution in [1.82, 2.24) is 9.91 Å². The summed E-state index contributed by atoms with van der Waals surface area (Å²) >= 11 is 0. The summed E-state index contributed by atoms with van der Waals surface area (Å²) in [6, 6.07) is 0. The van der Waals surface area contributed by atoms with E-state index in [9.17, 15) is 4.79 Å². The molecule has 1 saturated heterocycles. The number of likely N-dealkylation sites (tertiary alicyclic amines) is 1. The van der Waals surface area contributed by atoms with Gasteiger partial charge in [0.1, 0.15) is 5.78 Å². The fourth-order valence-corrected chi connectivity index (χ4v) is 1.63. The number of allylic oxidation sites excluding steroid dienone is 1. The fourth-order valence-electron chi connectivity index (χ4n) is 1.63. The zero-order valence-corrected chi connectivity index (χ0v) is 9.81. The van der Waals surface area contributed by atoms with Crippen LogP contribution in [0.3, 0.4) is 0 Å². The number of nitrogens with zero attached hydrogens (tertiary/aromatic N) is 3. The lowest BCUT2D eigenvalue weighted by atomic mass is 10.1. The van der Waals surface area contributed by atoms with Gasteiger partial charge in [-0.1, -0.05) is 0 Å². The lowest BCUT2D eigenvalue weighted by Crippen LogP contribution is -2.34. The second-order valence-corrected chi connectivity index (χ2v) is 3.67. The monoisotopic (exact) mass is 222 g/mol. The summed E-state index contributed by atoms with van der Waals surface area (Å²) in [7, 11) is 1.82. The van der Waals surface area contributed by atoms with Gasteiger partial charge in [0.15, 0.2) is 0 Å². The van der Waals surface area contributed by atoms with E-state index in [0.29, 0.717) is 31.7 Å². The zero-order chi connectivity index (χ0) is 12.0. The Bertz CT molecular complexity index is 312. The molecule has 1 N–H and O–H groups in total. The Labute approximate surface area is 95.9 Å². The Hall–Kier alpha value is -1.65. The highest BCUT2D eigenvalue weighted by Crippen LogP contribution is 2.11. The first-order valence-electron chi connectivity index (χ1n) is 5.37. The predicted molar refractivity (Wildman–Crippen MR) is 64.6 cm³/mol. The van der Waals surface area contributed by atoms with E-state index in [-0.39, 0.29) is 0 Å². The van der Waals surface area contributed by atoms with Crippen molar-refractivity contribution < 1.29 is 4.79 Å². The van der Waals surface area contributed by atoms with Gasteiger partial charge in [-0.2, -0.15) is 5.10 Å². The van der Waals surface area contributed by atoms with E-state index in [2.05, 4.69) is 5.10 Å². The summed E-state index contributed by atoms with van der Waals surface area (Å²) in [4.78, 5) is 13.1. The lowest BCUT2D eigenvalue weighted by molar-refractivity contribution is -0.121. The maximum absolute atomic E-state index is 11.1. The standard InChI is InChI=1S/C11H18N4O/c1-3-13-14(2)9-10(8-12)15-6-4-11(16)5-7-15/h3,8-9,12H,4-7H2,1-2H3/b10-9+,12-8?,13-3-. The fraction of sp³-hybridized carbons (Fsp3) is 0.545. The number of hydrogen-bond acceptors (Lipinski definition) is 5. The molecule has 0 aromatic carbocycles. The number of carbonyl (C=O) groups excluding carboxylic acids is 1. The molecular weight excluding hydrogens is 204 g/mol. The summed E-state index contributed by atoms with van der Waals surface area (Å²) in [6.45, 7) is 3.24. The van der Waals surface area contributed by atoms with Gasteiger partial charge in [-0.25, -0.2) is 0 Å². The number of carbonyl (C=O) groups is 1. The molecular formula is C11H18N4O. The molecule has 0 amide bonds. The molecule has 1 fully saturated rings. The molecule has 0 radical (unpaired) electrons.